The number of hydrogen-bond donors (Lipinski definition) is 2. The predicted octanol–water partition coefficient (Wildman–Crippen LogP) is 2.92. The van der Waals surface area contributed by atoms with Crippen molar-refractivity contribution in [3.05, 3.63) is 29.3 Å². The maximum Gasteiger partial charge on any atom is 0.253 e. The third-order valence-electron chi connectivity index (χ3n) is 4.52. The van der Waals surface area contributed by atoms with Gasteiger partial charge in [-0.25, -0.2) is 0 Å². The van der Waals surface area contributed by atoms with Crippen LogP contribution in [0.25, 0.3) is 0 Å². The zero-order valence-electron chi connectivity index (χ0n) is 13.6. The molecule has 0 spiro atoms. The van der Waals surface area contributed by atoms with Gasteiger partial charge in [0.15, 0.2) is 0 Å². The van der Waals surface area contributed by atoms with Crippen molar-refractivity contribution in [2.45, 2.75) is 38.6 Å². The summed E-state index contributed by atoms with van der Waals surface area (Å²) in [5, 5.41) is 6.55. The number of nitrogens with one attached hydrogen (secondary N) is 2. The molecule has 0 saturated carbocycles. The second-order valence-electron chi connectivity index (χ2n) is 6.21. The van der Waals surface area contributed by atoms with Crippen LogP contribution in [0.5, 0.6) is 0 Å². The molecule has 1 aromatic rings. The van der Waals surface area contributed by atoms with E-state index in [2.05, 4.69) is 34.6 Å². The molecule has 0 radical (unpaired) electrons. The zero-order valence-corrected chi connectivity index (χ0v) is 15.3. The van der Waals surface area contributed by atoms with Gasteiger partial charge >= 0.3 is 0 Å². The molecule has 2 aliphatic rings. The molecule has 130 valence electrons. The minimum absolute atomic E-state index is 0. The number of aryl methyl sites for hydroxylation is 1. The van der Waals surface area contributed by atoms with Crippen molar-refractivity contribution in [3.63, 3.8) is 0 Å². The topological polar surface area (TPSA) is 44.4 Å². The van der Waals surface area contributed by atoms with Gasteiger partial charge in [-0.1, -0.05) is 11.6 Å². The molecule has 0 bridgehead atoms. The van der Waals surface area contributed by atoms with Gasteiger partial charge in [0.05, 0.1) is 5.56 Å². The minimum Gasteiger partial charge on any atom is -0.371 e. The van der Waals surface area contributed by atoms with Gasteiger partial charge in [-0.05, 0) is 57.8 Å². The normalized spacial score (nSPS) is 18.0. The molecule has 4 nitrogen and oxygen atoms in total. The van der Waals surface area contributed by atoms with Crippen molar-refractivity contribution in [2.24, 2.45) is 0 Å². The molecule has 6 heteroatoms. The average molecular weight is 360 g/mol. The SMILES string of the molecule is Cc1ccc(N2CCCC2)c(C(=O)NC2CCNCC2)c1.Cl.Cl. The van der Waals surface area contributed by atoms with Gasteiger partial charge in [0.25, 0.3) is 5.91 Å². The zero-order chi connectivity index (χ0) is 14.7. The highest BCUT2D eigenvalue weighted by atomic mass is 35.5. The fraction of sp³-hybridized carbons (Fsp3) is 0.588. The van der Waals surface area contributed by atoms with Crippen molar-refractivity contribution in [2.75, 3.05) is 31.1 Å². The van der Waals surface area contributed by atoms with Crippen LogP contribution in [0.1, 0.15) is 41.6 Å². The fourth-order valence-corrected chi connectivity index (χ4v) is 3.29. The number of rotatable bonds is 3. The summed E-state index contributed by atoms with van der Waals surface area (Å²) in [6.45, 7) is 6.18. The Balaban J connectivity index is 0.00000132. The molecule has 2 saturated heterocycles. The lowest BCUT2D eigenvalue weighted by Crippen LogP contribution is -2.43. The molecule has 2 fully saturated rings. The van der Waals surface area contributed by atoms with Crippen LogP contribution < -0.4 is 15.5 Å². The number of piperidine rings is 1. The first kappa shape index (κ1) is 20.1. The number of amides is 1. The maximum atomic E-state index is 12.7. The third kappa shape index (κ3) is 5.00. The van der Waals surface area contributed by atoms with Gasteiger partial charge in [0.2, 0.25) is 0 Å². The van der Waals surface area contributed by atoms with Crippen LogP contribution in [-0.4, -0.2) is 38.1 Å². The summed E-state index contributed by atoms with van der Waals surface area (Å²) in [6.07, 6.45) is 4.50. The molecular weight excluding hydrogens is 333 g/mol. The summed E-state index contributed by atoms with van der Waals surface area (Å²) in [5.74, 6) is 0.0903. The Morgan fingerprint density at radius 2 is 1.83 bits per heavy atom. The Morgan fingerprint density at radius 1 is 1.17 bits per heavy atom. The van der Waals surface area contributed by atoms with Gasteiger partial charge in [0, 0.05) is 24.8 Å². The smallest absolute Gasteiger partial charge is 0.253 e. The quantitative estimate of drug-likeness (QED) is 0.871. The van der Waals surface area contributed by atoms with E-state index in [0.717, 1.165) is 55.8 Å². The molecule has 0 unspecified atom stereocenters. The van der Waals surface area contributed by atoms with Gasteiger partial charge in [0.1, 0.15) is 0 Å². The monoisotopic (exact) mass is 359 g/mol. The molecule has 1 aromatic carbocycles. The van der Waals surface area contributed by atoms with E-state index in [9.17, 15) is 4.79 Å². The van der Waals surface area contributed by atoms with Crippen LogP contribution >= 0.6 is 24.8 Å². The Labute approximate surface area is 151 Å². The van der Waals surface area contributed by atoms with E-state index in [1.165, 1.54) is 12.8 Å². The van der Waals surface area contributed by atoms with Crippen LogP contribution in [0.15, 0.2) is 18.2 Å². The molecule has 0 aliphatic carbocycles. The van der Waals surface area contributed by atoms with E-state index in [4.69, 9.17) is 0 Å². The van der Waals surface area contributed by atoms with Crippen molar-refractivity contribution in [1.29, 1.82) is 0 Å². The molecule has 0 aromatic heterocycles. The largest absolute Gasteiger partial charge is 0.371 e. The summed E-state index contributed by atoms with van der Waals surface area (Å²) < 4.78 is 0. The first-order valence-electron chi connectivity index (χ1n) is 8.11. The summed E-state index contributed by atoms with van der Waals surface area (Å²) in [4.78, 5) is 15.0. The maximum absolute atomic E-state index is 12.7. The van der Waals surface area contributed by atoms with E-state index in [1.807, 2.05) is 6.07 Å². The molecule has 0 atom stereocenters. The number of carbonyl (C=O) groups is 1. The molecule has 1 amide bonds. The highest BCUT2D eigenvalue weighted by Gasteiger charge is 2.22. The van der Waals surface area contributed by atoms with Gasteiger partial charge in [-0.3, -0.25) is 4.79 Å². The van der Waals surface area contributed by atoms with Gasteiger partial charge in [-0.15, -0.1) is 24.8 Å². The van der Waals surface area contributed by atoms with E-state index in [-0.39, 0.29) is 30.7 Å². The average Bonchev–Trinajstić information content (AvgIpc) is 3.02. The fourth-order valence-electron chi connectivity index (χ4n) is 3.29. The number of nitrogens with zero attached hydrogens (tertiary/aromatic N) is 1. The molecular formula is C17H27Cl2N3O. The molecule has 2 aliphatic heterocycles. The van der Waals surface area contributed by atoms with Crippen molar-refractivity contribution in [3.8, 4) is 0 Å². The first-order valence-corrected chi connectivity index (χ1v) is 8.11. The lowest BCUT2D eigenvalue weighted by atomic mass is 10.0. The van der Waals surface area contributed by atoms with Gasteiger partial charge < -0.3 is 15.5 Å². The van der Waals surface area contributed by atoms with E-state index >= 15 is 0 Å². The first-order chi connectivity index (χ1) is 10.2. The number of benzene rings is 1. The molecule has 2 heterocycles. The summed E-state index contributed by atoms with van der Waals surface area (Å²) >= 11 is 0. The molecule has 2 N–H and O–H groups in total. The lowest BCUT2D eigenvalue weighted by molar-refractivity contribution is 0.0930. The van der Waals surface area contributed by atoms with E-state index in [1.54, 1.807) is 0 Å². The Hall–Kier alpha value is -0.970. The molecule has 3 rings (SSSR count). The lowest BCUT2D eigenvalue weighted by Gasteiger charge is -2.26. The number of halogens is 2. The van der Waals surface area contributed by atoms with Crippen LogP contribution in [-0.2, 0) is 0 Å². The van der Waals surface area contributed by atoms with E-state index < -0.39 is 0 Å². The predicted molar refractivity (Wildman–Crippen MR) is 100 cm³/mol. The summed E-state index contributed by atoms with van der Waals surface area (Å²) in [5.41, 5.74) is 3.09. The van der Waals surface area contributed by atoms with Crippen LogP contribution in [0.4, 0.5) is 5.69 Å². The summed E-state index contributed by atoms with van der Waals surface area (Å²) in [6, 6.07) is 6.56. The number of hydrogen-bond acceptors (Lipinski definition) is 3. The van der Waals surface area contributed by atoms with Crippen molar-refractivity contribution in [1.82, 2.24) is 10.6 Å². The minimum atomic E-state index is 0. The standard InChI is InChI=1S/C17H25N3O.2ClH/c1-13-4-5-16(20-10-2-3-11-20)15(12-13)17(21)19-14-6-8-18-9-7-14;;/h4-5,12,14,18H,2-3,6-11H2,1H3,(H,19,21);2*1H. The Kier molecular flexibility index (Phi) is 8.17. The van der Waals surface area contributed by atoms with Crippen LogP contribution in [0, 0.1) is 6.92 Å². The highest BCUT2D eigenvalue weighted by Crippen LogP contribution is 2.26. The second kappa shape index (κ2) is 9.36. The van der Waals surface area contributed by atoms with Gasteiger partial charge in [-0.2, -0.15) is 0 Å². The van der Waals surface area contributed by atoms with Crippen molar-refractivity contribution < 1.29 is 4.79 Å². The number of anilines is 1. The van der Waals surface area contributed by atoms with E-state index in [0.29, 0.717) is 6.04 Å². The molecule has 23 heavy (non-hydrogen) atoms. The second-order valence-corrected chi connectivity index (χ2v) is 6.21. The summed E-state index contributed by atoms with van der Waals surface area (Å²) in [7, 11) is 0. The third-order valence-corrected chi connectivity index (χ3v) is 4.52. The van der Waals surface area contributed by atoms with Crippen LogP contribution in [0.3, 0.4) is 0 Å². The highest BCUT2D eigenvalue weighted by molar-refractivity contribution is 6.00. The van der Waals surface area contributed by atoms with Crippen LogP contribution in [0.2, 0.25) is 0 Å². The van der Waals surface area contributed by atoms with Crippen molar-refractivity contribution >= 4 is 36.4 Å². The number of carbonyl (C=O) groups excluding carboxylic acids is 1. The Bertz CT molecular complexity index is 513. The Morgan fingerprint density at radius 3 is 2.48 bits per heavy atom.